The Bertz CT molecular complexity index is 856. The second-order valence-electron chi connectivity index (χ2n) is 5.31. The third-order valence-corrected chi connectivity index (χ3v) is 3.73. The molecule has 0 unspecified atom stereocenters. The minimum atomic E-state index is -0.305. The molecule has 128 valence electrons. The standard InChI is InChI=1S/C19H18N2O4/c1-23-14-9-7-13(8-10-14)12-20-19(22)16-11-18(25-21-16)15-5-3-4-6-17(15)24-2/h3-11H,12H2,1-2H3,(H,20,22). The quantitative estimate of drug-likeness (QED) is 0.746. The molecular formula is C19H18N2O4. The summed E-state index contributed by atoms with van der Waals surface area (Å²) in [4.78, 5) is 12.3. The van der Waals surface area contributed by atoms with Crippen LogP contribution in [-0.2, 0) is 6.54 Å². The first kappa shape index (κ1) is 16.6. The fraction of sp³-hybridized carbons (Fsp3) is 0.158. The number of carbonyl (C=O) groups is 1. The van der Waals surface area contributed by atoms with Crippen LogP contribution in [0, 0.1) is 0 Å². The highest BCUT2D eigenvalue weighted by Crippen LogP contribution is 2.29. The number of hydrogen-bond donors (Lipinski definition) is 1. The zero-order valence-electron chi connectivity index (χ0n) is 14.0. The van der Waals surface area contributed by atoms with E-state index in [0.717, 1.165) is 16.9 Å². The van der Waals surface area contributed by atoms with Gasteiger partial charge in [0.15, 0.2) is 11.5 Å². The highest BCUT2D eigenvalue weighted by molar-refractivity contribution is 5.93. The van der Waals surface area contributed by atoms with Crippen molar-refractivity contribution in [3.05, 3.63) is 65.9 Å². The summed E-state index contributed by atoms with van der Waals surface area (Å²) in [6.07, 6.45) is 0. The van der Waals surface area contributed by atoms with E-state index in [-0.39, 0.29) is 11.6 Å². The molecule has 0 atom stereocenters. The third kappa shape index (κ3) is 3.80. The maximum atomic E-state index is 12.3. The molecule has 6 nitrogen and oxygen atoms in total. The summed E-state index contributed by atoms with van der Waals surface area (Å²) in [5.74, 6) is 1.60. The molecule has 1 heterocycles. The summed E-state index contributed by atoms with van der Waals surface area (Å²) >= 11 is 0. The van der Waals surface area contributed by atoms with E-state index in [2.05, 4.69) is 10.5 Å². The molecule has 0 aliphatic carbocycles. The molecule has 0 saturated carbocycles. The molecule has 0 saturated heterocycles. The van der Waals surface area contributed by atoms with Crippen LogP contribution in [0.5, 0.6) is 11.5 Å². The molecule has 1 aromatic heterocycles. The Morgan fingerprint density at radius 3 is 2.56 bits per heavy atom. The van der Waals surface area contributed by atoms with Crippen LogP contribution in [-0.4, -0.2) is 25.3 Å². The van der Waals surface area contributed by atoms with Gasteiger partial charge in [-0.25, -0.2) is 0 Å². The molecule has 0 bridgehead atoms. The number of nitrogens with zero attached hydrogens (tertiary/aromatic N) is 1. The Balaban J connectivity index is 1.68. The van der Waals surface area contributed by atoms with Gasteiger partial charge in [-0.2, -0.15) is 0 Å². The van der Waals surface area contributed by atoms with E-state index in [1.807, 2.05) is 48.5 Å². The summed E-state index contributed by atoms with van der Waals surface area (Å²) in [5, 5.41) is 6.66. The average Bonchev–Trinajstić information content (AvgIpc) is 3.16. The molecule has 0 fully saturated rings. The van der Waals surface area contributed by atoms with E-state index in [0.29, 0.717) is 18.1 Å². The number of methoxy groups -OCH3 is 2. The van der Waals surface area contributed by atoms with Crippen LogP contribution in [0.1, 0.15) is 16.1 Å². The number of amides is 1. The van der Waals surface area contributed by atoms with Crippen LogP contribution in [0.25, 0.3) is 11.3 Å². The normalized spacial score (nSPS) is 10.3. The van der Waals surface area contributed by atoms with Crippen LogP contribution in [0.3, 0.4) is 0 Å². The van der Waals surface area contributed by atoms with Gasteiger partial charge in [-0.15, -0.1) is 0 Å². The van der Waals surface area contributed by atoms with Crippen LogP contribution in [0.4, 0.5) is 0 Å². The molecule has 0 radical (unpaired) electrons. The molecule has 1 N–H and O–H groups in total. The maximum absolute atomic E-state index is 12.3. The molecule has 2 aromatic carbocycles. The predicted octanol–water partition coefficient (Wildman–Crippen LogP) is 3.29. The first-order valence-electron chi connectivity index (χ1n) is 7.72. The number of para-hydroxylation sites is 1. The van der Waals surface area contributed by atoms with Crippen LogP contribution in [0.15, 0.2) is 59.1 Å². The van der Waals surface area contributed by atoms with Gasteiger partial charge in [-0.05, 0) is 29.8 Å². The minimum absolute atomic E-state index is 0.217. The van der Waals surface area contributed by atoms with Crippen molar-refractivity contribution in [3.8, 4) is 22.8 Å². The van der Waals surface area contributed by atoms with E-state index in [4.69, 9.17) is 14.0 Å². The second-order valence-corrected chi connectivity index (χ2v) is 5.31. The number of nitrogens with one attached hydrogen (secondary N) is 1. The van der Waals surface area contributed by atoms with Gasteiger partial charge >= 0.3 is 0 Å². The number of ether oxygens (including phenoxy) is 2. The van der Waals surface area contributed by atoms with E-state index < -0.39 is 0 Å². The Morgan fingerprint density at radius 2 is 1.84 bits per heavy atom. The smallest absolute Gasteiger partial charge is 0.273 e. The van der Waals surface area contributed by atoms with Gasteiger partial charge in [0.05, 0.1) is 19.8 Å². The zero-order valence-corrected chi connectivity index (χ0v) is 14.0. The van der Waals surface area contributed by atoms with E-state index in [1.165, 1.54) is 0 Å². The Morgan fingerprint density at radius 1 is 1.08 bits per heavy atom. The van der Waals surface area contributed by atoms with Gasteiger partial charge in [-0.1, -0.05) is 29.4 Å². The van der Waals surface area contributed by atoms with Crippen molar-refractivity contribution >= 4 is 5.91 Å². The highest BCUT2D eigenvalue weighted by Gasteiger charge is 2.15. The molecule has 0 aliphatic heterocycles. The molecular weight excluding hydrogens is 320 g/mol. The van der Waals surface area contributed by atoms with Crippen LogP contribution < -0.4 is 14.8 Å². The molecule has 3 rings (SSSR count). The van der Waals surface area contributed by atoms with Crippen molar-refractivity contribution in [2.45, 2.75) is 6.54 Å². The van der Waals surface area contributed by atoms with Crippen molar-refractivity contribution in [1.29, 1.82) is 0 Å². The monoisotopic (exact) mass is 338 g/mol. The molecule has 3 aromatic rings. The van der Waals surface area contributed by atoms with Crippen molar-refractivity contribution in [2.24, 2.45) is 0 Å². The van der Waals surface area contributed by atoms with Gasteiger partial charge in [0.2, 0.25) is 0 Å². The van der Waals surface area contributed by atoms with Crippen LogP contribution >= 0.6 is 0 Å². The Hall–Kier alpha value is -3.28. The lowest BCUT2D eigenvalue weighted by atomic mass is 10.1. The number of benzene rings is 2. The van der Waals surface area contributed by atoms with E-state index in [1.54, 1.807) is 20.3 Å². The summed E-state index contributed by atoms with van der Waals surface area (Å²) in [6, 6.07) is 16.5. The van der Waals surface area contributed by atoms with Gasteiger partial charge in [0, 0.05) is 12.6 Å². The molecule has 0 spiro atoms. The highest BCUT2D eigenvalue weighted by atomic mass is 16.5. The van der Waals surface area contributed by atoms with Crippen molar-refractivity contribution in [2.75, 3.05) is 14.2 Å². The molecule has 6 heteroatoms. The van der Waals surface area contributed by atoms with E-state index >= 15 is 0 Å². The van der Waals surface area contributed by atoms with Gasteiger partial charge in [0.25, 0.3) is 5.91 Å². The lowest BCUT2D eigenvalue weighted by Crippen LogP contribution is -2.22. The second kappa shape index (κ2) is 7.53. The summed E-state index contributed by atoms with van der Waals surface area (Å²) < 4.78 is 15.7. The summed E-state index contributed by atoms with van der Waals surface area (Å²) in [6.45, 7) is 0.389. The molecule has 1 amide bonds. The van der Waals surface area contributed by atoms with E-state index in [9.17, 15) is 4.79 Å². The number of rotatable bonds is 6. The average molecular weight is 338 g/mol. The lowest BCUT2D eigenvalue weighted by Gasteiger charge is -2.04. The molecule has 0 aliphatic rings. The molecule has 25 heavy (non-hydrogen) atoms. The van der Waals surface area contributed by atoms with Crippen molar-refractivity contribution < 1.29 is 18.8 Å². The largest absolute Gasteiger partial charge is 0.497 e. The van der Waals surface area contributed by atoms with Crippen molar-refractivity contribution in [3.63, 3.8) is 0 Å². The van der Waals surface area contributed by atoms with Gasteiger partial charge in [0.1, 0.15) is 11.5 Å². The Labute approximate surface area is 145 Å². The fourth-order valence-corrected chi connectivity index (χ4v) is 2.37. The number of carbonyl (C=O) groups excluding carboxylic acids is 1. The third-order valence-electron chi connectivity index (χ3n) is 3.73. The van der Waals surface area contributed by atoms with Gasteiger partial charge < -0.3 is 19.3 Å². The number of hydrogen-bond acceptors (Lipinski definition) is 5. The van der Waals surface area contributed by atoms with Crippen LogP contribution in [0.2, 0.25) is 0 Å². The topological polar surface area (TPSA) is 73.6 Å². The SMILES string of the molecule is COc1ccc(CNC(=O)c2cc(-c3ccccc3OC)on2)cc1. The summed E-state index contributed by atoms with van der Waals surface area (Å²) in [7, 11) is 3.19. The van der Waals surface area contributed by atoms with Gasteiger partial charge in [-0.3, -0.25) is 4.79 Å². The lowest BCUT2D eigenvalue weighted by molar-refractivity contribution is 0.0942. The first-order valence-corrected chi connectivity index (χ1v) is 7.72. The predicted molar refractivity (Wildman–Crippen MR) is 92.7 cm³/mol. The summed E-state index contributed by atoms with van der Waals surface area (Å²) in [5.41, 5.74) is 1.92. The Kier molecular flexibility index (Phi) is 4.99. The first-order chi connectivity index (χ1) is 12.2. The maximum Gasteiger partial charge on any atom is 0.273 e. The number of aromatic nitrogens is 1. The van der Waals surface area contributed by atoms with Crippen molar-refractivity contribution in [1.82, 2.24) is 10.5 Å². The fourth-order valence-electron chi connectivity index (χ4n) is 2.37. The minimum Gasteiger partial charge on any atom is -0.497 e. The zero-order chi connectivity index (χ0) is 17.6.